The largest absolute Gasteiger partial charge is 0.454 e. The standard InChI is InChI=1S/C13H12N2O3S/c1-8(2)6-19-13-15-14-12(18-13)9-3-4-10-11(5-9)17-7-16-10/h3-5H,1,6-7H2,2H3. The van der Waals surface area contributed by atoms with E-state index < -0.39 is 0 Å². The van der Waals surface area contributed by atoms with E-state index in [1.165, 1.54) is 11.8 Å². The Balaban J connectivity index is 1.80. The Morgan fingerprint density at radius 3 is 3.00 bits per heavy atom. The number of fused-ring (bicyclic) bond motifs is 1. The van der Waals surface area contributed by atoms with Gasteiger partial charge in [0.25, 0.3) is 5.22 Å². The van der Waals surface area contributed by atoms with Crippen LogP contribution in [-0.2, 0) is 0 Å². The predicted molar refractivity (Wildman–Crippen MR) is 71.4 cm³/mol. The molecule has 2 aromatic rings. The molecule has 0 unspecified atom stereocenters. The van der Waals surface area contributed by atoms with Gasteiger partial charge < -0.3 is 13.9 Å². The zero-order chi connectivity index (χ0) is 13.2. The Labute approximate surface area is 114 Å². The minimum atomic E-state index is 0.252. The van der Waals surface area contributed by atoms with Gasteiger partial charge >= 0.3 is 0 Å². The number of aromatic nitrogens is 2. The molecule has 0 spiro atoms. The highest BCUT2D eigenvalue weighted by Gasteiger charge is 2.16. The molecule has 0 fully saturated rings. The van der Waals surface area contributed by atoms with Gasteiger partial charge in [0, 0.05) is 11.3 Å². The van der Waals surface area contributed by atoms with Gasteiger partial charge in [-0.1, -0.05) is 23.9 Å². The second-order valence-electron chi connectivity index (χ2n) is 4.19. The summed E-state index contributed by atoms with van der Waals surface area (Å²) < 4.78 is 16.2. The van der Waals surface area contributed by atoms with E-state index in [4.69, 9.17) is 13.9 Å². The minimum Gasteiger partial charge on any atom is -0.454 e. The normalized spacial score (nSPS) is 12.7. The van der Waals surface area contributed by atoms with E-state index in [0.717, 1.165) is 22.6 Å². The van der Waals surface area contributed by atoms with E-state index in [-0.39, 0.29) is 6.79 Å². The second kappa shape index (κ2) is 4.97. The molecule has 1 aromatic heterocycles. The molecule has 2 heterocycles. The van der Waals surface area contributed by atoms with Gasteiger partial charge in [-0.15, -0.1) is 10.2 Å². The lowest BCUT2D eigenvalue weighted by Gasteiger charge is -1.98. The lowest BCUT2D eigenvalue weighted by Crippen LogP contribution is -1.92. The number of hydrogen-bond donors (Lipinski definition) is 0. The van der Waals surface area contributed by atoms with E-state index >= 15 is 0 Å². The molecule has 0 atom stereocenters. The molecule has 0 saturated carbocycles. The molecule has 1 aliphatic rings. The van der Waals surface area contributed by atoms with Crippen molar-refractivity contribution in [3.05, 3.63) is 30.4 Å². The molecule has 0 bridgehead atoms. The smallest absolute Gasteiger partial charge is 0.277 e. The van der Waals surface area contributed by atoms with Crippen LogP contribution < -0.4 is 9.47 Å². The molecule has 1 aliphatic heterocycles. The SMILES string of the molecule is C=C(C)CSc1nnc(-c2ccc3c(c2)OCO3)o1. The summed E-state index contributed by atoms with van der Waals surface area (Å²) in [5.41, 5.74) is 1.88. The topological polar surface area (TPSA) is 57.4 Å². The Morgan fingerprint density at radius 2 is 2.16 bits per heavy atom. The quantitative estimate of drug-likeness (QED) is 0.631. The summed E-state index contributed by atoms with van der Waals surface area (Å²) in [5, 5.41) is 8.56. The molecule has 1 aromatic carbocycles. The minimum absolute atomic E-state index is 0.252. The van der Waals surface area contributed by atoms with Gasteiger partial charge in [-0.3, -0.25) is 0 Å². The average Bonchev–Trinajstić information content (AvgIpc) is 3.04. The summed E-state index contributed by atoms with van der Waals surface area (Å²) in [5.74, 6) is 2.68. The van der Waals surface area contributed by atoms with Crippen molar-refractivity contribution < 1.29 is 13.9 Å². The van der Waals surface area contributed by atoms with Crippen LogP contribution in [0.15, 0.2) is 40.0 Å². The van der Waals surface area contributed by atoms with Crippen LogP contribution in [0.3, 0.4) is 0 Å². The van der Waals surface area contributed by atoms with Gasteiger partial charge in [0.2, 0.25) is 12.7 Å². The third-order valence-electron chi connectivity index (χ3n) is 2.47. The monoisotopic (exact) mass is 276 g/mol. The number of ether oxygens (including phenoxy) is 2. The van der Waals surface area contributed by atoms with Crippen molar-refractivity contribution in [2.75, 3.05) is 12.5 Å². The third kappa shape index (κ3) is 2.58. The van der Waals surface area contributed by atoms with E-state index in [1.807, 2.05) is 25.1 Å². The Hall–Kier alpha value is -1.95. The van der Waals surface area contributed by atoms with E-state index in [9.17, 15) is 0 Å². The number of nitrogens with zero attached hydrogens (tertiary/aromatic N) is 2. The Kier molecular flexibility index (Phi) is 3.16. The Bertz CT molecular complexity index is 624. The Morgan fingerprint density at radius 1 is 1.32 bits per heavy atom. The van der Waals surface area contributed by atoms with Gasteiger partial charge in [0.1, 0.15) is 0 Å². The zero-order valence-corrected chi connectivity index (χ0v) is 11.2. The highest BCUT2D eigenvalue weighted by molar-refractivity contribution is 7.99. The molecule has 19 heavy (non-hydrogen) atoms. The summed E-state index contributed by atoms with van der Waals surface area (Å²) in [6.07, 6.45) is 0. The summed E-state index contributed by atoms with van der Waals surface area (Å²) in [7, 11) is 0. The fraction of sp³-hybridized carbons (Fsp3) is 0.231. The summed E-state index contributed by atoms with van der Waals surface area (Å²) >= 11 is 1.47. The molecule has 6 heteroatoms. The third-order valence-corrected chi connectivity index (χ3v) is 3.52. The predicted octanol–water partition coefficient (Wildman–Crippen LogP) is 3.13. The first-order valence-corrected chi connectivity index (χ1v) is 6.71. The van der Waals surface area contributed by atoms with Crippen LogP contribution in [-0.4, -0.2) is 22.7 Å². The number of hydrogen-bond acceptors (Lipinski definition) is 6. The zero-order valence-electron chi connectivity index (χ0n) is 10.4. The van der Waals surface area contributed by atoms with Gasteiger partial charge in [-0.25, -0.2) is 0 Å². The van der Waals surface area contributed by atoms with Crippen LogP contribution in [0.5, 0.6) is 11.5 Å². The van der Waals surface area contributed by atoms with Gasteiger partial charge in [0.15, 0.2) is 11.5 Å². The summed E-state index contributed by atoms with van der Waals surface area (Å²) in [6.45, 7) is 6.05. The molecular formula is C13H12N2O3S. The molecule has 0 amide bonds. The van der Waals surface area contributed by atoms with Crippen molar-refractivity contribution in [3.8, 4) is 23.0 Å². The van der Waals surface area contributed by atoms with Crippen molar-refractivity contribution in [1.82, 2.24) is 10.2 Å². The van der Waals surface area contributed by atoms with Crippen LogP contribution in [0.2, 0.25) is 0 Å². The maximum Gasteiger partial charge on any atom is 0.277 e. The van der Waals surface area contributed by atoms with E-state index in [0.29, 0.717) is 16.9 Å². The number of thioether (sulfide) groups is 1. The van der Waals surface area contributed by atoms with Crippen molar-refractivity contribution in [3.63, 3.8) is 0 Å². The second-order valence-corrected chi connectivity index (χ2v) is 5.11. The van der Waals surface area contributed by atoms with Crippen LogP contribution in [0.4, 0.5) is 0 Å². The molecule has 0 N–H and O–H groups in total. The maximum atomic E-state index is 5.58. The highest BCUT2D eigenvalue weighted by Crippen LogP contribution is 2.36. The van der Waals surface area contributed by atoms with Crippen LogP contribution in [0, 0.1) is 0 Å². The molecule has 98 valence electrons. The molecular weight excluding hydrogens is 264 g/mol. The van der Waals surface area contributed by atoms with Crippen LogP contribution in [0.1, 0.15) is 6.92 Å². The lowest BCUT2D eigenvalue weighted by atomic mass is 10.2. The average molecular weight is 276 g/mol. The van der Waals surface area contributed by atoms with Crippen molar-refractivity contribution in [2.24, 2.45) is 0 Å². The summed E-state index contributed by atoms with van der Waals surface area (Å²) in [4.78, 5) is 0. The summed E-state index contributed by atoms with van der Waals surface area (Å²) in [6, 6.07) is 5.54. The molecule has 0 aliphatic carbocycles. The number of rotatable bonds is 4. The lowest BCUT2D eigenvalue weighted by molar-refractivity contribution is 0.174. The van der Waals surface area contributed by atoms with Crippen LogP contribution >= 0.6 is 11.8 Å². The molecule has 0 saturated heterocycles. The van der Waals surface area contributed by atoms with Gasteiger partial charge in [0.05, 0.1) is 0 Å². The first-order chi connectivity index (χ1) is 9.22. The van der Waals surface area contributed by atoms with Gasteiger partial charge in [-0.2, -0.15) is 0 Å². The fourth-order valence-corrected chi connectivity index (χ4v) is 2.21. The van der Waals surface area contributed by atoms with Gasteiger partial charge in [-0.05, 0) is 25.1 Å². The van der Waals surface area contributed by atoms with Crippen LogP contribution in [0.25, 0.3) is 11.5 Å². The first-order valence-electron chi connectivity index (χ1n) is 5.73. The number of benzene rings is 1. The van der Waals surface area contributed by atoms with Crippen molar-refractivity contribution in [1.29, 1.82) is 0 Å². The van der Waals surface area contributed by atoms with E-state index in [1.54, 1.807) is 0 Å². The van der Waals surface area contributed by atoms with E-state index in [2.05, 4.69) is 16.8 Å². The maximum absolute atomic E-state index is 5.58. The van der Waals surface area contributed by atoms with Crippen molar-refractivity contribution in [2.45, 2.75) is 12.1 Å². The molecule has 0 radical (unpaired) electrons. The fourth-order valence-electron chi connectivity index (χ4n) is 1.60. The van der Waals surface area contributed by atoms with Crippen molar-refractivity contribution >= 4 is 11.8 Å². The molecule has 5 nitrogen and oxygen atoms in total. The molecule has 3 rings (SSSR count). The highest BCUT2D eigenvalue weighted by atomic mass is 32.2. The first kappa shape index (κ1) is 12.1.